The first-order valence-corrected chi connectivity index (χ1v) is 7.10. The molecule has 0 aromatic carbocycles. The molecule has 0 aliphatic heterocycles. The molecule has 1 unspecified atom stereocenters. The van der Waals surface area contributed by atoms with Gasteiger partial charge in [-0.2, -0.15) is 5.10 Å². The summed E-state index contributed by atoms with van der Waals surface area (Å²) in [7, 11) is 0. The molecular formula is C14H21N5. The van der Waals surface area contributed by atoms with Crippen LogP contribution in [-0.2, 0) is 6.54 Å². The summed E-state index contributed by atoms with van der Waals surface area (Å²) in [6, 6.07) is 2.89. The SMILES string of the molecule is CC(Cn1cccn1)n1ccnc1NC1CCCC1. The van der Waals surface area contributed by atoms with Crippen LogP contribution in [0.5, 0.6) is 0 Å². The van der Waals surface area contributed by atoms with Crippen molar-refractivity contribution in [2.24, 2.45) is 0 Å². The number of hydrogen-bond acceptors (Lipinski definition) is 3. The molecule has 0 radical (unpaired) electrons. The Morgan fingerprint density at radius 3 is 2.89 bits per heavy atom. The highest BCUT2D eigenvalue weighted by atomic mass is 15.3. The minimum Gasteiger partial charge on any atom is -0.353 e. The van der Waals surface area contributed by atoms with Crippen LogP contribution in [0.2, 0.25) is 0 Å². The second-order valence-electron chi connectivity index (χ2n) is 5.36. The maximum Gasteiger partial charge on any atom is 0.203 e. The molecule has 0 amide bonds. The van der Waals surface area contributed by atoms with Crippen LogP contribution in [0.25, 0.3) is 0 Å². The maximum atomic E-state index is 4.45. The molecule has 2 aromatic heterocycles. The van der Waals surface area contributed by atoms with Crippen molar-refractivity contribution in [2.45, 2.75) is 51.2 Å². The monoisotopic (exact) mass is 259 g/mol. The van der Waals surface area contributed by atoms with E-state index in [1.807, 2.05) is 35.5 Å². The van der Waals surface area contributed by atoms with Crippen molar-refractivity contribution in [2.75, 3.05) is 5.32 Å². The number of rotatable bonds is 5. The lowest BCUT2D eigenvalue weighted by molar-refractivity contribution is 0.439. The molecule has 0 spiro atoms. The summed E-state index contributed by atoms with van der Waals surface area (Å²) < 4.78 is 4.17. The lowest BCUT2D eigenvalue weighted by atomic mass is 10.2. The van der Waals surface area contributed by atoms with Gasteiger partial charge in [-0.3, -0.25) is 4.68 Å². The molecular weight excluding hydrogens is 238 g/mol. The summed E-state index contributed by atoms with van der Waals surface area (Å²) in [5.74, 6) is 0.992. The lowest BCUT2D eigenvalue weighted by Crippen LogP contribution is -2.21. The fourth-order valence-electron chi connectivity index (χ4n) is 2.80. The standard InChI is InChI=1S/C14H21N5/c1-12(11-18-9-4-7-16-18)19-10-8-15-14(19)17-13-5-2-3-6-13/h4,7-10,12-13H,2-3,5-6,11H2,1H3,(H,15,17). The first-order chi connectivity index (χ1) is 9.33. The fourth-order valence-corrected chi connectivity index (χ4v) is 2.80. The van der Waals surface area contributed by atoms with Gasteiger partial charge in [0.15, 0.2) is 0 Å². The van der Waals surface area contributed by atoms with Crippen LogP contribution < -0.4 is 5.32 Å². The maximum absolute atomic E-state index is 4.45. The predicted octanol–water partition coefficient (Wildman–Crippen LogP) is 2.70. The lowest BCUT2D eigenvalue weighted by Gasteiger charge is -2.19. The number of nitrogens with one attached hydrogen (secondary N) is 1. The van der Waals surface area contributed by atoms with Crippen molar-refractivity contribution in [1.82, 2.24) is 19.3 Å². The third-order valence-corrected chi connectivity index (χ3v) is 3.84. The molecule has 5 heteroatoms. The summed E-state index contributed by atoms with van der Waals surface area (Å²) >= 11 is 0. The summed E-state index contributed by atoms with van der Waals surface area (Å²) in [5, 5.41) is 7.83. The van der Waals surface area contributed by atoms with Crippen LogP contribution in [0.1, 0.15) is 38.6 Å². The van der Waals surface area contributed by atoms with Crippen LogP contribution in [0.3, 0.4) is 0 Å². The smallest absolute Gasteiger partial charge is 0.203 e. The molecule has 1 saturated carbocycles. The Morgan fingerprint density at radius 1 is 1.32 bits per heavy atom. The van der Waals surface area contributed by atoms with E-state index in [1.54, 1.807) is 0 Å². The zero-order valence-corrected chi connectivity index (χ0v) is 11.4. The van der Waals surface area contributed by atoms with Gasteiger partial charge in [-0.05, 0) is 25.8 Å². The van der Waals surface area contributed by atoms with E-state index in [0.29, 0.717) is 12.1 Å². The van der Waals surface area contributed by atoms with Crippen LogP contribution in [0.15, 0.2) is 30.9 Å². The van der Waals surface area contributed by atoms with Gasteiger partial charge in [-0.1, -0.05) is 12.8 Å². The number of hydrogen-bond donors (Lipinski definition) is 1. The normalized spacial score (nSPS) is 17.7. The van der Waals surface area contributed by atoms with E-state index in [-0.39, 0.29) is 0 Å². The minimum atomic E-state index is 0.339. The zero-order valence-electron chi connectivity index (χ0n) is 11.4. The molecule has 0 saturated heterocycles. The number of aromatic nitrogens is 4. The highest BCUT2D eigenvalue weighted by molar-refractivity contribution is 5.28. The predicted molar refractivity (Wildman–Crippen MR) is 75.0 cm³/mol. The number of imidazole rings is 1. The Hall–Kier alpha value is -1.78. The van der Waals surface area contributed by atoms with Crippen LogP contribution in [0.4, 0.5) is 5.95 Å². The van der Waals surface area contributed by atoms with Gasteiger partial charge in [0, 0.05) is 30.8 Å². The molecule has 1 atom stereocenters. The molecule has 3 rings (SSSR count). The van der Waals surface area contributed by atoms with Gasteiger partial charge in [0.25, 0.3) is 0 Å². The van der Waals surface area contributed by atoms with Gasteiger partial charge in [0.05, 0.1) is 12.6 Å². The van der Waals surface area contributed by atoms with E-state index < -0.39 is 0 Å². The molecule has 2 aromatic rings. The van der Waals surface area contributed by atoms with Crippen molar-refractivity contribution < 1.29 is 0 Å². The molecule has 1 aliphatic carbocycles. The average molecular weight is 259 g/mol. The highest BCUT2D eigenvalue weighted by Crippen LogP contribution is 2.23. The number of nitrogens with zero attached hydrogens (tertiary/aromatic N) is 4. The van der Waals surface area contributed by atoms with E-state index in [2.05, 4.69) is 26.9 Å². The first-order valence-electron chi connectivity index (χ1n) is 7.10. The van der Waals surface area contributed by atoms with Crippen LogP contribution in [-0.4, -0.2) is 25.4 Å². The van der Waals surface area contributed by atoms with E-state index >= 15 is 0 Å². The molecule has 19 heavy (non-hydrogen) atoms. The third-order valence-electron chi connectivity index (χ3n) is 3.84. The van der Waals surface area contributed by atoms with E-state index in [9.17, 15) is 0 Å². The Bertz CT molecular complexity index is 496. The van der Waals surface area contributed by atoms with Gasteiger partial charge >= 0.3 is 0 Å². The van der Waals surface area contributed by atoms with Crippen molar-refractivity contribution >= 4 is 5.95 Å². The zero-order chi connectivity index (χ0) is 13.1. The molecule has 2 heterocycles. The fraction of sp³-hybridized carbons (Fsp3) is 0.571. The Morgan fingerprint density at radius 2 is 2.16 bits per heavy atom. The van der Waals surface area contributed by atoms with E-state index in [0.717, 1.165) is 12.5 Å². The van der Waals surface area contributed by atoms with Crippen molar-refractivity contribution in [3.05, 3.63) is 30.9 Å². The molecule has 102 valence electrons. The second-order valence-corrected chi connectivity index (χ2v) is 5.36. The van der Waals surface area contributed by atoms with Crippen LogP contribution in [0, 0.1) is 0 Å². The van der Waals surface area contributed by atoms with Crippen molar-refractivity contribution in [3.63, 3.8) is 0 Å². The molecule has 5 nitrogen and oxygen atoms in total. The largest absolute Gasteiger partial charge is 0.353 e. The molecule has 1 N–H and O–H groups in total. The summed E-state index contributed by atoms with van der Waals surface area (Å²) in [6.45, 7) is 3.06. The minimum absolute atomic E-state index is 0.339. The van der Waals surface area contributed by atoms with E-state index in [1.165, 1.54) is 25.7 Å². The first kappa shape index (κ1) is 12.3. The topological polar surface area (TPSA) is 47.7 Å². The van der Waals surface area contributed by atoms with Gasteiger partial charge in [-0.15, -0.1) is 0 Å². The third kappa shape index (κ3) is 2.80. The summed E-state index contributed by atoms with van der Waals surface area (Å²) in [6.07, 6.45) is 12.9. The Kier molecular flexibility index (Phi) is 3.53. The van der Waals surface area contributed by atoms with Gasteiger partial charge in [-0.25, -0.2) is 4.98 Å². The number of anilines is 1. The molecule has 0 bridgehead atoms. The highest BCUT2D eigenvalue weighted by Gasteiger charge is 2.18. The van der Waals surface area contributed by atoms with Crippen molar-refractivity contribution in [3.8, 4) is 0 Å². The van der Waals surface area contributed by atoms with Crippen LogP contribution >= 0.6 is 0 Å². The summed E-state index contributed by atoms with van der Waals surface area (Å²) in [4.78, 5) is 4.45. The molecule has 1 aliphatic rings. The molecule has 1 fully saturated rings. The Labute approximate surface area is 113 Å². The van der Waals surface area contributed by atoms with Gasteiger partial charge in [0.1, 0.15) is 0 Å². The van der Waals surface area contributed by atoms with E-state index in [4.69, 9.17) is 0 Å². The van der Waals surface area contributed by atoms with Gasteiger partial charge < -0.3 is 9.88 Å². The van der Waals surface area contributed by atoms with Gasteiger partial charge in [0.2, 0.25) is 5.95 Å². The Balaban J connectivity index is 1.68. The average Bonchev–Trinajstić information content (AvgIpc) is 3.10. The summed E-state index contributed by atoms with van der Waals surface area (Å²) in [5.41, 5.74) is 0. The van der Waals surface area contributed by atoms with Crippen molar-refractivity contribution in [1.29, 1.82) is 0 Å². The second kappa shape index (κ2) is 5.47. The quantitative estimate of drug-likeness (QED) is 0.898.